The standard InChI is InChI=1S/C15H13ClN2S2/c16-13-3-1-11(2-4-13)15(12-5-6-19-8-12)17-7-14-9-20-10-18-14/h1-6,8-10,15,17H,7H2/t15-/m1/s1. The molecule has 0 radical (unpaired) electrons. The molecule has 3 rings (SSSR count). The molecular weight excluding hydrogens is 308 g/mol. The van der Waals surface area contributed by atoms with Crippen LogP contribution >= 0.6 is 34.3 Å². The van der Waals surface area contributed by atoms with Crippen LogP contribution in [0.5, 0.6) is 0 Å². The Kier molecular flexibility index (Phi) is 4.47. The average Bonchev–Trinajstić information content (AvgIpc) is 3.14. The third-order valence-electron chi connectivity index (χ3n) is 3.05. The summed E-state index contributed by atoms with van der Waals surface area (Å²) in [6, 6.07) is 10.3. The smallest absolute Gasteiger partial charge is 0.0795 e. The average molecular weight is 321 g/mol. The van der Waals surface area contributed by atoms with E-state index in [1.165, 1.54) is 11.1 Å². The first-order valence-electron chi connectivity index (χ1n) is 6.21. The fourth-order valence-electron chi connectivity index (χ4n) is 2.05. The summed E-state index contributed by atoms with van der Waals surface area (Å²) in [5.41, 5.74) is 5.42. The Morgan fingerprint density at radius 2 is 1.90 bits per heavy atom. The number of thiophene rings is 1. The molecule has 102 valence electrons. The maximum Gasteiger partial charge on any atom is 0.0795 e. The van der Waals surface area contributed by atoms with Gasteiger partial charge in [-0.1, -0.05) is 23.7 Å². The molecule has 2 heterocycles. The SMILES string of the molecule is Clc1ccc([C@@H](NCc2cscn2)c2ccsc2)cc1. The summed E-state index contributed by atoms with van der Waals surface area (Å²) in [6.07, 6.45) is 0. The van der Waals surface area contributed by atoms with E-state index in [1.807, 2.05) is 17.6 Å². The van der Waals surface area contributed by atoms with Crippen LogP contribution in [0.15, 0.2) is 52.0 Å². The zero-order valence-electron chi connectivity index (χ0n) is 10.6. The lowest BCUT2D eigenvalue weighted by atomic mass is 10.0. The highest BCUT2D eigenvalue weighted by molar-refractivity contribution is 7.08. The normalized spacial score (nSPS) is 12.4. The number of benzene rings is 1. The number of thiazole rings is 1. The molecule has 0 fully saturated rings. The van der Waals surface area contributed by atoms with Crippen molar-refractivity contribution in [3.8, 4) is 0 Å². The van der Waals surface area contributed by atoms with Gasteiger partial charge in [0.15, 0.2) is 0 Å². The van der Waals surface area contributed by atoms with E-state index in [9.17, 15) is 0 Å². The van der Waals surface area contributed by atoms with Crippen LogP contribution in [0.2, 0.25) is 5.02 Å². The summed E-state index contributed by atoms with van der Waals surface area (Å²) in [5.74, 6) is 0. The lowest BCUT2D eigenvalue weighted by Crippen LogP contribution is -2.21. The van der Waals surface area contributed by atoms with Gasteiger partial charge in [-0.25, -0.2) is 4.98 Å². The molecule has 20 heavy (non-hydrogen) atoms. The first-order chi connectivity index (χ1) is 9.83. The topological polar surface area (TPSA) is 24.9 Å². The first kappa shape index (κ1) is 13.8. The Bertz CT molecular complexity index is 633. The van der Waals surface area contributed by atoms with Crippen LogP contribution in [0.25, 0.3) is 0 Å². The molecule has 1 aromatic carbocycles. The van der Waals surface area contributed by atoms with E-state index in [-0.39, 0.29) is 6.04 Å². The molecule has 3 aromatic rings. The second-order valence-corrected chi connectivity index (χ2v) is 6.34. The Morgan fingerprint density at radius 3 is 2.55 bits per heavy atom. The molecule has 0 spiro atoms. The highest BCUT2D eigenvalue weighted by atomic mass is 35.5. The highest BCUT2D eigenvalue weighted by Crippen LogP contribution is 2.25. The maximum absolute atomic E-state index is 5.97. The number of hydrogen-bond acceptors (Lipinski definition) is 4. The van der Waals surface area contributed by atoms with Gasteiger partial charge in [0, 0.05) is 16.9 Å². The van der Waals surface area contributed by atoms with Crippen molar-refractivity contribution < 1.29 is 0 Å². The molecule has 0 bridgehead atoms. The lowest BCUT2D eigenvalue weighted by molar-refractivity contribution is 0.600. The molecule has 2 nitrogen and oxygen atoms in total. The first-order valence-corrected chi connectivity index (χ1v) is 8.47. The van der Waals surface area contributed by atoms with E-state index in [0.29, 0.717) is 0 Å². The van der Waals surface area contributed by atoms with Crippen LogP contribution in [0.4, 0.5) is 0 Å². The van der Waals surface area contributed by atoms with Crippen molar-refractivity contribution in [1.82, 2.24) is 10.3 Å². The van der Waals surface area contributed by atoms with E-state index in [4.69, 9.17) is 11.6 Å². The Morgan fingerprint density at radius 1 is 1.05 bits per heavy atom. The number of hydrogen-bond donors (Lipinski definition) is 1. The maximum atomic E-state index is 5.97. The molecule has 1 atom stereocenters. The van der Waals surface area contributed by atoms with Gasteiger partial charge in [-0.05, 0) is 40.1 Å². The van der Waals surface area contributed by atoms with Crippen molar-refractivity contribution in [2.45, 2.75) is 12.6 Å². The van der Waals surface area contributed by atoms with Crippen molar-refractivity contribution in [2.24, 2.45) is 0 Å². The Labute approximate surface area is 131 Å². The molecule has 0 aliphatic rings. The van der Waals surface area contributed by atoms with Crippen LogP contribution in [-0.4, -0.2) is 4.98 Å². The molecule has 0 saturated carbocycles. The molecule has 0 amide bonds. The summed E-state index contributed by atoms with van der Waals surface area (Å²) < 4.78 is 0. The quantitative estimate of drug-likeness (QED) is 0.734. The Hall–Kier alpha value is -1.20. The molecule has 5 heteroatoms. The van der Waals surface area contributed by atoms with Gasteiger partial charge in [-0.15, -0.1) is 11.3 Å². The van der Waals surface area contributed by atoms with Crippen molar-refractivity contribution in [1.29, 1.82) is 0 Å². The van der Waals surface area contributed by atoms with Gasteiger partial charge in [0.25, 0.3) is 0 Å². The van der Waals surface area contributed by atoms with Gasteiger partial charge < -0.3 is 5.32 Å². The van der Waals surface area contributed by atoms with Crippen LogP contribution in [0.1, 0.15) is 22.9 Å². The molecule has 1 N–H and O–H groups in total. The number of rotatable bonds is 5. The second kappa shape index (κ2) is 6.50. The summed E-state index contributed by atoms with van der Waals surface area (Å²) in [4.78, 5) is 4.31. The second-order valence-electron chi connectivity index (χ2n) is 4.40. The molecule has 0 unspecified atom stereocenters. The molecule has 0 aliphatic carbocycles. The van der Waals surface area contributed by atoms with E-state index >= 15 is 0 Å². The zero-order chi connectivity index (χ0) is 13.8. The van der Waals surface area contributed by atoms with E-state index in [0.717, 1.165) is 17.3 Å². The van der Waals surface area contributed by atoms with Gasteiger partial charge in [-0.2, -0.15) is 11.3 Å². The van der Waals surface area contributed by atoms with Gasteiger partial charge in [0.05, 0.1) is 17.2 Å². The zero-order valence-corrected chi connectivity index (χ0v) is 13.0. The number of nitrogens with one attached hydrogen (secondary N) is 1. The summed E-state index contributed by atoms with van der Waals surface area (Å²) in [6.45, 7) is 0.757. The molecular formula is C15H13ClN2S2. The van der Waals surface area contributed by atoms with E-state index < -0.39 is 0 Å². The van der Waals surface area contributed by atoms with Crippen LogP contribution in [-0.2, 0) is 6.54 Å². The van der Waals surface area contributed by atoms with Gasteiger partial charge in [0.1, 0.15) is 0 Å². The summed E-state index contributed by atoms with van der Waals surface area (Å²) in [7, 11) is 0. The minimum atomic E-state index is 0.167. The third kappa shape index (κ3) is 3.27. The van der Waals surface area contributed by atoms with Crippen molar-refractivity contribution in [3.05, 3.63) is 73.8 Å². The minimum absolute atomic E-state index is 0.167. The largest absolute Gasteiger partial charge is 0.300 e. The molecule has 2 aromatic heterocycles. The number of halogens is 1. The lowest BCUT2D eigenvalue weighted by Gasteiger charge is -2.18. The molecule has 0 aliphatic heterocycles. The molecule has 0 saturated heterocycles. The predicted octanol–water partition coefficient (Wildman–Crippen LogP) is 4.74. The van der Waals surface area contributed by atoms with Crippen molar-refractivity contribution >= 4 is 34.3 Å². The predicted molar refractivity (Wildman–Crippen MR) is 86.6 cm³/mol. The van der Waals surface area contributed by atoms with Crippen LogP contribution in [0.3, 0.4) is 0 Å². The van der Waals surface area contributed by atoms with Gasteiger partial charge in [0.2, 0.25) is 0 Å². The number of aromatic nitrogens is 1. The monoisotopic (exact) mass is 320 g/mol. The van der Waals surface area contributed by atoms with E-state index in [1.54, 1.807) is 22.7 Å². The Balaban J connectivity index is 1.82. The van der Waals surface area contributed by atoms with Crippen molar-refractivity contribution in [3.63, 3.8) is 0 Å². The van der Waals surface area contributed by atoms with Gasteiger partial charge >= 0.3 is 0 Å². The highest BCUT2D eigenvalue weighted by Gasteiger charge is 2.14. The third-order valence-corrected chi connectivity index (χ3v) is 4.64. The van der Waals surface area contributed by atoms with Crippen LogP contribution < -0.4 is 5.32 Å². The van der Waals surface area contributed by atoms with Crippen LogP contribution in [0, 0.1) is 0 Å². The fourth-order valence-corrected chi connectivity index (χ4v) is 3.42. The number of nitrogens with zero attached hydrogens (tertiary/aromatic N) is 1. The summed E-state index contributed by atoms with van der Waals surface area (Å²) >= 11 is 9.30. The summed E-state index contributed by atoms with van der Waals surface area (Å²) in [5, 5.41) is 10.7. The fraction of sp³-hybridized carbons (Fsp3) is 0.133. The van der Waals surface area contributed by atoms with E-state index in [2.05, 4.69) is 44.6 Å². The minimum Gasteiger partial charge on any atom is -0.300 e. The van der Waals surface area contributed by atoms with Gasteiger partial charge in [-0.3, -0.25) is 0 Å². The van der Waals surface area contributed by atoms with Crippen molar-refractivity contribution in [2.75, 3.05) is 0 Å².